The molecule has 2 bridgehead atoms. The topological polar surface area (TPSA) is 23.8 Å². The molecule has 0 spiro atoms. The Labute approximate surface area is 73.4 Å². The van der Waals surface area contributed by atoms with Crippen LogP contribution in [0.2, 0.25) is 0 Å². The maximum Gasteiger partial charge on any atom is 0.0940 e. The minimum atomic E-state index is 0.652. The lowest BCUT2D eigenvalue weighted by Crippen LogP contribution is -2.03. The van der Waals surface area contributed by atoms with Gasteiger partial charge in [-0.2, -0.15) is 5.26 Å². The van der Waals surface area contributed by atoms with E-state index < -0.39 is 0 Å². The molecule has 3 atom stereocenters. The summed E-state index contributed by atoms with van der Waals surface area (Å²) in [6.07, 6.45) is 9.38. The molecule has 1 fully saturated rings. The van der Waals surface area contributed by atoms with Crippen molar-refractivity contribution in [3.05, 3.63) is 23.8 Å². The summed E-state index contributed by atoms with van der Waals surface area (Å²) < 4.78 is 0. The lowest BCUT2D eigenvalue weighted by Gasteiger charge is -2.12. The second-order valence-corrected chi connectivity index (χ2v) is 3.91. The van der Waals surface area contributed by atoms with Crippen LogP contribution < -0.4 is 0 Å². The van der Waals surface area contributed by atoms with Crippen LogP contribution >= 0.6 is 0 Å². The third-order valence-corrected chi connectivity index (χ3v) is 2.97. The fourth-order valence-electron chi connectivity index (χ4n) is 2.37. The van der Waals surface area contributed by atoms with Gasteiger partial charge < -0.3 is 0 Å². The predicted octanol–water partition coefficient (Wildman–Crippen LogP) is 2.67. The highest BCUT2D eigenvalue weighted by Gasteiger charge is 2.34. The number of nitrogens with zero attached hydrogens (tertiary/aromatic N) is 1. The average Bonchev–Trinajstić information content (AvgIpc) is 2.64. The van der Waals surface area contributed by atoms with E-state index in [4.69, 9.17) is 5.26 Å². The highest BCUT2D eigenvalue weighted by atomic mass is 14.4. The molecule has 62 valence electrons. The van der Waals surface area contributed by atoms with Crippen molar-refractivity contribution in [1.29, 1.82) is 5.26 Å². The third kappa shape index (κ3) is 1.18. The van der Waals surface area contributed by atoms with Crippen LogP contribution in [0.25, 0.3) is 0 Å². The van der Waals surface area contributed by atoms with Crippen molar-refractivity contribution in [3.8, 4) is 6.07 Å². The van der Waals surface area contributed by atoms with E-state index >= 15 is 0 Å². The van der Waals surface area contributed by atoms with Gasteiger partial charge in [-0.25, -0.2) is 0 Å². The highest BCUT2D eigenvalue weighted by Crippen LogP contribution is 2.44. The van der Waals surface area contributed by atoms with Gasteiger partial charge in [0.05, 0.1) is 6.07 Å². The molecule has 2 aliphatic carbocycles. The van der Waals surface area contributed by atoms with Gasteiger partial charge in [0.2, 0.25) is 0 Å². The molecule has 0 aromatic carbocycles. The molecule has 2 rings (SSSR count). The Bertz CT molecular complexity index is 280. The molecule has 0 N–H and O–H groups in total. The second kappa shape index (κ2) is 2.79. The predicted molar refractivity (Wildman–Crippen MR) is 48.2 cm³/mol. The Kier molecular flexibility index (Phi) is 1.77. The zero-order valence-corrected chi connectivity index (χ0v) is 7.33. The first-order chi connectivity index (χ1) is 5.79. The second-order valence-electron chi connectivity index (χ2n) is 3.91. The normalized spacial score (nSPS) is 38.7. The molecule has 12 heavy (non-hydrogen) atoms. The molecule has 1 heteroatoms. The standard InChI is InChI=1S/C11H13N/c1-8(7-12)4-11-6-9-2-3-10(11)5-9/h2-4,9-11H,5-6H2,1H3. The molecule has 2 aliphatic rings. The number of hydrogen-bond acceptors (Lipinski definition) is 1. The van der Waals surface area contributed by atoms with Crippen LogP contribution in [0, 0.1) is 29.1 Å². The third-order valence-electron chi connectivity index (χ3n) is 2.97. The minimum Gasteiger partial charge on any atom is -0.193 e. The van der Waals surface area contributed by atoms with Crippen LogP contribution in [0.3, 0.4) is 0 Å². The van der Waals surface area contributed by atoms with Crippen molar-refractivity contribution in [1.82, 2.24) is 0 Å². The summed E-state index contributed by atoms with van der Waals surface area (Å²) in [5.74, 6) is 2.20. The maximum absolute atomic E-state index is 8.63. The van der Waals surface area contributed by atoms with Gasteiger partial charge in [0.15, 0.2) is 0 Å². The summed E-state index contributed by atoms with van der Waals surface area (Å²) in [6.45, 7) is 1.90. The lowest BCUT2D eigenvalue weighted by molar-refractivity contribution is 0.548. The summed E-state index contributed by atoms with van der Waals surface area (Å²) in [4.78, 5) is 0. The molecular formula is C11H13N. The largest absolute Gasteiger partial charge is 0.193 e. The van der Waals surface area contributed by atoms with Gasteiger partial charge in [0, 0.05) is 5.57 Å². The smallest absolute Gasteiger partial charge is 0.0940 e. The SMILES string of the molecule is CC(C#N)=CC1CC2C=CC1C2. The van der Waals surface area contributed by atoms with E-state index in [1.165, 1.54) is 12.8 Å². The summed E-state index contributed by atoms with van der Waals surface area (Å²) in [6, 6.07) is 2.19. The lowest BCUT2D eigenvalue weighted by atomic mass is 9.92. The number of hydrogen-bond donors (Lipinski definition) is 0. The van der Waals surface area contributed by atoms with Crippen LogP contribution in [-0.2, 0) is 0 Å². The molecular weight excluding hydrogens is 146 g/mol. The molecule has 0 heterocycles. The van der Waals surface area contributed by atoms with Crippen LogP contribution in [0.15, 0.2) is 23.8 Å². The van der Waals surface area contributed by atoms with Gasteiger partial charge in [0.1, 0.15) is 0 Å². The van der Waals surface area contributed by atoms with E-state index in [9.17, 15) is 0 Å². The highest BCUT2D eigenvalue weighted by molar-refractivity contribution is 5.23. The molecule has 0 saturated heterocycles. The van der Waals surface area contributed by atoms with E-state index in [-0.39, 0.29) is 0 Å². The van der Waals surface area contributed by atoms with Crippen molar-refractivity contribution in [2.24, 2.45) is 17.8 Å². The van der Waals surface area contributed by atoms with Crippen molar-refractivity contribution in [2.45, 2.75) is 19.8 Å². The maximum atomic E-state index is 8.63. The molecule has 0 aliphatic heterocycles. The van der Waals surface area contributed by atoms with Crippen LogP contribution in [0.1, 0.15) is 19.8 Å². The van der Waals surface area contributed by atoms with E-state index in [1.54, 1.807) is 0 Å². The first-order valence-corrected chi connectivity index (χ1v) is 4.56. The molecule has 0 aromatic rings. The van der Waals surface area contributed by atoms with Crippen molar-refractivity contribution < 1.29 is 0 Å². The van der Waals surface area contributed by atoms with Gasteiger partial charge in [-0.1, -0.05) is 18.2 Å². The van der Waals surface area contributed by atoms with Gasteiger partial charge in [-0.05, 0) is 37.5 Å². The summed E-state index contributed by atoms with van der Waals surface area (Å²) >= 11 is 0. The first kappa shape index (κ1) is 7.61. The van der Waals surface area contributed by atoms with Crippen molar-refractivity contribution in [3.63, 3.8) is 0 Å². The van der Waals surface area contributed by atoms with E-state index in [1.807, 2.05) is 6.92 Å². The molecule has 1 nitrogen and oxygen atoms in total. The van der Waals surface area contributed by atoms with Crippen molar-refractivity contribution in [2.75, 3.05) is 0 Å². The Morgan fingerprint density at radius 3 is 2.83 bits per heavy atom. The fourth-order valence-corrected chi connectivity index (χ4v) is 2.37. The van der Waals surface area contributed by atoms with Crippen molar-refractivity contribution >= 4 is 0 Å². The summed E-state index contributed by atoms with van der Waals surface area (Å²) in [7, 11) is 0. The number of nitriles is 1. The van der Waals surface area contributed by atoms with Gasteiger partial charge in [-0.15, -0.1) is 0 Å². The molecule has 1 saturated carbocycles. The molecule has 0 radical (unpaired) electrons. The monoisotopic (exact) mass is 159 g/mol. The van der Waals surface area contributed by atoms with Crippen LogP contribution in [0.5, 0.6) is 0 Å². The van der Waals surface area contributed by atoms with Crippen LogP contribution in [-0.4, -0.2) is 0 Å². The Morgan fingerprint density at radius 1 is 1.50 bits per heavy atom. The zero-order valence-electron chi connectivity index (χ0n) is 7.33. The van der Waals surface area contributed by atoms with Crippen LogP contribution in [0.4, 0.5) is 0 Å². The molecule has 0 amide bonds. The van der Waals surface area contributed by atoms with Gasteiger partial charge in [-0.3, -0.25) is 0 Å². The Morgan fingerprint density at radius 2 is 2.33 bits per heavy atom. The van der Waals surface area contributed by atoms with Gasteiger partial charge >= 0.3 is 0 Å². The fraction of sp³-hybridized carbons (Fsp3) is 0.545. The van der Waals surface area contributed by atoms with E-state index in [0.29, 0.717) is 5.92 Å². The quantitative estimate of drug-likeness (QED) is 0.426. The average molecular weight is 159 g/mol. The summed E-state index contributed by atoms with van der Waals surface area (Å²) in [5, 5.41) is 8.63. The molecule has 3 unspecified atom stereocenters. The zero-order chi connectivity index (χ0) is 8.55. The summed E-state index contributed by atoms with van der Waals surface area (Å²) in [5.41, 5.74) is 0.876. The van der Waals surface area contributed by atoms with Gasteiger partial charge in [0.25, 0.3) is 0 Å². The van der Waals surface area contributed by atoms with E-state index in [0.717, 1.165) is 17.4 Å². The first-order valence-electron chi connectivity index (χ1n) is 4.56. The number of allylic oxidation sites excluding steroid dienone is 4. The van der Waals surface area contributed by atoms with E-state index in [2.05, 4.69) is 24.3 Å². The Balaban J connectivity index is 2.10. The number of fused-ring (bicyclic) bond motifs is 2. The minimum absolute atomic E-state index is 0.652. The Hall–Kier alpha value is -1.03. The number of rotatable bonds is 1. The molecule has 0 aromatic heterocycles.